The van der Waals surface area contributed by atoms with E-state index < -0.39 is 24.6 Å². The van der Waals surface area contributed by atoms with Crippen LogP contribution in [-0.4, -0.2) is 29.8 Å². The third-order valence-corrected chi connectivity index (χ3v) is 1.69. The normalized spacial score (nSPS) is 16.0. The Morgan fingerprint density at radius 3 is 2.43 bits per heavy atom. The molecule has 0 amide bonds. The van der Waals surface area contributed by atoms with E-state index in [1.165, 1.54) is 6.08 Å². The number of alkyl halides is 3. The first-order valence-electron chi connectivity index (χ1n) is 3.94. The van der Waals surface area contributed by atoms with E-state index in [1.54, 1.807) is 6.92 Å². The van der Waals surface area contributed by atoms with E-state index in [9.17, 15) is 18.0 Å². The lowest BCUT2D eigenvalue weighted by Crippen LogP contribution is -2.41. The first kappa shape index (κ1) is 13.0. The van der Waals surface area contributed by atoms with Gasteiger partial charge in [0.25, 0.3) is 0 Å². The van der Waals surface area contributed by atoms with Crippen molar-refractivity contribution in [1.82, 2.24) is 5.32 Å². The zero-order valence-electron chi connectivity index (χ0n) is 7.64. The van der Waals surface area contributed by atoms with Crippen LogP contribution in [0.25, 0.3) is 0 Å². The molecule has 0 radical (unpaired) electrons. The molecule has 0 heterocycles. The average Bonchev–Trinajstić information content (AvgIpc) is 2.01. The van der Waals surface area contributed by atoms with E-state index in [4.69, 9.17) is 5.11 Å². The van der Waals surface area contributed by atoms with Gasteiger partial charge in [0.1, 0.15) is 0 Å². The van der Waals surface area contributed by atoms with E-state index in [0.29, 0.717) is 0 Å². The molecule has 2 N–H and O–H groups in total. The smallest absolute Gasteiger partial charge is 0.403 e. The Morgan fingerprint density at radius 1 is 1.64 bits per heavy atom. The van der Waals surface area contributed by atoms with E-state index in [-0.39, 0.29) is 6.04 Å². The van der Waals surface area contributed by atoms with E-state index >= 15 is 0 Å². The van der Waals surface area contributed by atoms with Crippen LogP contribution in [0, 0.1) is 5.92 Å². The Balaban J connectivity index is 4.26. The van der Waals surface area contributed by atoms with Gasteiger partial charge in [0.2, 0.25) is 0 Å². The Hall–Kier alpha value is -1.04. The van der Waals surface area contributed by atoms with Gasteiger partial charge in [-0.05, 0) is 6.92 Å². The van der Waals surface area contributed by atoms with Crippen LogP contribution in [0.3, 0.4) is 0 Å². The molecule has 0 aromatic heterocycles. The molecular weight excluding hydrogens is 199 g/mol. The lowest BCUT2D eigenvalue weighted by Gasteiger charge is -2.18. The number of nitrogens with one attached hydrogen (secondary N) is 1. The van der Waals surface area contributed by atoms with Gasteiger partial charge in [-0.25, -0.2) is 0 Å². The summed E-state index contributed by atoms with van der Waals surface area (Å²) >= 11 is 0. The average molecular weight is 211 g/mol. The number of hydrogen-bond acceptors (Lipinski definition) is 2. The molecule has 0 aliphatic heterocycles. The summed E-state index contributed by atoms with van der Waals surface area (Å²) in [7, 11) is 0. The van der Waals surface area contributed by atoms with E-state index in [0.717, 1.165) is 0 Å². The minimum atomic E-state index is -4.72. The van der Waals surface area contributed by atoms with Crippen molar-refractivity contribution < 1.29 is 23.1 Å². The van der Waals surface area contributed by atoms with Crippen LogP contribution in [0.4, 0.5) is 13.2 Å². The SMILES string of the molecule is C=CC(C)NCC(C(=O)O)C(F)(F)F. The van der Waals surface area contributed by atoms with Crippen molar-refractivity contribution in [3.05, 3.63) is 12.7 Å². The van der Waals surface area contributed by atoms with Crippen molar-refractivity contribution >= 4 is 5.97 Å². The van der Waals surface area contributed by atoms with Gasteiger partial charge in [-0.3, -0.25) is 4.79 Å². The van der Waals surface area contributed by atoms with Crippen molar-refractivity contribution in [3.63, 3.8) is 0 Å². The number of carboxylic acid groups (broad SMARTS) is 1. The number of aliphatic carboxylic acids is 1. The summed E-state index contributed by atoms with van der Waals surface area (Å²) in [6.07, 6.45) is -3.32. The van der Waals surface area contributed by atoms with Gasteiger partial charge >= 0.3 is 12.1 Å². The highest BCUT2D eigenvalue weighted by Crippen LogP contribution is 2.25. The largest absolute Gasteiger partial charge is 0.481 e. The fraction of sp³-hybridized carbons (Fsp3) is 0.625. The molecule has 0 aliphatic carbocycles. The van der Waals surface area contributed by atoms with Crippen LogP contribution in [0.5, 0.6) is 0 Å². The van der Waals surface area contributed by atoms with Gasteiger partial charge in [-0.15, -0.1) is 6.58 Å². The predicted molar refractivity (Wildman–Crippen MR) is 44.8 cm³/mol. The molecule has 82 valence electrons. The Kier molecular flexibility index (Phi) is 4.62. The summed E-state index contributed by atoms with van der Waals surface area (Å²) in [5, 5.41) is 10.7. The zero-order chi connectivity index (χ0) is 11.4. The molecule has 6 heteroatoms. The molecule has 2 atom stereocenters. The minimum absolute atomic E-state index is 0.348. The molecule has 0 bridgehead atoms. The summed E-state index contributed by atoms with van der Waals surface area (Å²) in [6, 6.07) is -0.348. The molecule has 0 aliphatic rings. The van der Waals surface area contributed by atoms with Crippen molar-refractivity contribution in [2.75, 3.05) is 6.54 Å². The number of rotatable bonds is 5. The molecule has 2 unspecified atom stereocenters. The van der Waals surface area contributed by atoms with Gasteiger partial charge < -0.3 is 10.4 Å². The van der Waals surface area contributed by atoms with Crippen LogP contribution in [-0.2, 0) is 4.79 Å². The molecule has 3 nitrogen and oxygen atoms in total. The van der Waals surface area contributed by atoms with Crippen molar-refractivity contribution in [3.8, 4) is 0 Å². The Bertz CT molecular complexity index is 215. The third kappa shape index (κ3) is 4.27. The molecule has 0 rings (SSSR count). The lowest BCUT2D eigenvalue weighted by molar-refractivity contribution is -0.192. The number of carbonyl (C=O) groups is 1. The molecule has 0 saturated carbocycles. The van der Waals surface area contributed by atoms with Gasteiger partial charge in [0.15, 0.2) is 5.92 Å². The number of carboxylic acids is 1. The summed E-state index contributed by atoms with van der Waals surface area (Å²) in [4.78, 5) is 10.3. The fourth-order valence-electron chi connectivity index (χ4n) is 0.730. The molecule has 0 spiro atoms. The summed E-state index contributed by atoms with van der Waals surface area (Å²) in [6.45, 7) is 4.29. The maximum atomic E-state index is 12.1. The molecule has 0 aromatic rings. The second-order valence-corrected chi connectivity index (χ2v) is 2.87. The predicted octanol–water partition coefficient (Wildman–Crippen LogP) is 1.41. The maximum Gasteiger partial charge on any atom is 0.403 e. The molecule has 0 aromatic carbocycles. The summed E-state index contributed by atoms with van der Waals surface area (Å²) in [5.74, 6) is -4.24. The van der Waals surface area contributed by atoms with Crippen molar-refractivity contribution in [2.24, 2.45) is 5.92 Å². The van der Waals surface area contributed by atoms with Crippen LogP contribution in [0.1, 0.15) is 6.92 Å². The van der Waals surface area contributed by atoms with Gasteiger partial charge in [0, 0.05) is 12.6 Å². The van der Waals surface area contributed by atoms with E-state index in [1.807, 2.05) is 0 Å². The number of hydrogen-bond donors (Lipinski definition) is 2. The van der Waals surface area contributed by atoms with Gasteiger partial charge in [0.05, 0.1) is 0 Å². The molecule has 14 heavy (non-hydrogen) atoms. The van der Waals surface area contributed by atoms with E-state index in [2.05, 4.69) is 11.9 Å². The van der Waals surface area contributed by atoms with Crippen molar-refractivity contribution in [2.45, 2.75) is 19.1 Å². The lowest BCUT2D eigenvalue weighted by atomic mass is 10.1. The summed E-state index contributed by atoms with van der Waals surface area (Å²) in [5.41, 5.74) is 0. The topological polar surface area (TPSA) is 49.3 Å². The monoisotopic (exact) mass is 211 g/mol. The highest BCUT2D eigenvalue weighted by Gasteiger charge is 2.44. The maximum absolute atomic E-state index is 12.1. The summed E-state index contributed by atoms with van der Waals surface area (Å²) < 4.78 is 36.2. The minimum Gasteiger partial charge on any atom is -0.481 e. The zero-order valence-corrected chi connectivity index (χ0v) is 7.64. The second-order valence-electron chi connectivity index (χ2n) is 2.87. The first-order valence-corrected chi connectivity index (χ1v) is 3.94. The standard InChI is InChI=1S/C8H12F3NO2/c1-3-5(2)12-4-6(7(13)14)8(9,10)11/h3,5-6,12H,1,4H2,2H3,(H,13,14). The van der Waals surface area contributed by atoms with Crippen LogP contribution >= 0.6 is 0 Å². The Labute approximate surface area is 79.6 Å². The second kappa shape index (κ2) is 4.99. The van der Waals surface area contributed by atoms with Crippen LogP contribution in [0.2, 0.25) is 0 Å². The molecular formula is C8H12F3NO2. The van der Waals surface area contributed by atoms with Crippen molar-refractivity contribution in [1.29, 1.82) is 0 Å². The highest BCUT2D eigenvalue weighted by molar-refractivity contribution is 5.71. The van der Waals surface area contributed by atoms with Crippen LogP contribution in [0.15, 0.2) is 12.7 Å². The Morgan fingerprint density at radius 2 is 2.14 bits per heavy atom. The quantitative estimate of drug-likeness (QED) is 0.676. The van der Waals surface area contributed by atoms with Gasteiger partial charge in [-0.1, -0.05) is 6.08 Å². The molecule has 0 saturated heterocycles. The third-order valence-electron chi connectivity index (χ3n) is 1.69. The van der Waals surface area contributed by atoms with Crippen LogP contribution < -0.4 is 5.32 Å². The molecule has 0 fully saturated rings. The first-order chi connectivity index (χ1) is 6.29. The number of halogens is 3. The van der Waals surface area contributed by atoms with Gasteiger partial charge in [-0.2, -0.15) is 13.2 Å². The highest BCUT2D eigenvalue weighted by atomic mass is 19.4. The fourth-order valence-corrected chi connectivity index (χ4v) is 0.730.